The van der Waals surface area contributed by atoms with Gasteiger partial charge in [0, 0.05) is 40.8 Å². The van der Waals surface area contributed by atoms with Crippen molar-refractivity contribution in [3.8, 4) is 11.1 Å². The Kier molecular flexibility index (Phi) is 6.43. The van der Waals surface area contributed by atoms with Crippen molar-refractivity contribution in [1.82, 2.24) is 9.88 Å². The van der Waals surface area contributed by atoms with Crippen LogP contribution in [0.1, 0.15) is 38.3 Å². The normalized spacial score (nSPS) is 11.1. The van der Waals surface area contributed by atoms with E-state index in [9.17, 15) is 9.18 Å². The van der Waals surface area contributed by atoms with Crippen LogP contribution in [0.15, 0.2) is 91.0 Å². The summed E-state index contributed by atoms with van der Waals surface area (Å²) in [4.78, 5) is 12.8. The van der Waals surface area contributed by atoms with Crippen molar-refractivity contribution < 1.29 is 9.18 Å². The molecule has 0 fully saturated rings. The molecular weight excluding hydrogens is 447 g/mol. The minimum absolute atomic E-state index is 0.154. The van der Waals surface area contributed by atoms with E-state index < -0.39 is 0 Å². The molecule has 0 saturated carbocycles. The van der Waals surface area contributed by atoms with Crippen molar-refractivity contribution in [3.05, 3.63) is 130 Å². The summed E-state index contributed by atoms with van der Waals surface area (Å²) in [5.74, 6) is -0.510. The molecule has 4 heteroatoms. The number of carbonyl (C=O) groups excluding carboxylic acids is 1. The quantitative estimate of drug-likeness (QED) is 0.273. The second-order valence-corrected chi connectivity index (χ2v) is 9.37. The van der Waals surface area contributed by atoms with E-state index in [0.29, 0.717) is 11.1 Å². The monoisotopic (exact) mass is 476 g/mol. The average Bonchev–Trinajstić information content (AvgIpc) is 3.13. The maximum atomic E-state index is 14.1. The van der Waals surface area contributed by atoms with Gasteiger partial charge in [0.2, 0.25) is 0 Å². The maximum absolute atomic E-state index is 14.1. The lowest BCUT2D eigenvalue weighted by Crippen LogP contribution is -2.23. The Bertz CT molecular complexity index is 1550. The predicted molar refractivity (Wildman–Crippen MR) is 145 cm³/mol. The highest BCUT2D eigenvalue weighted by Crippen LogP contribution is 2.28. The van der Waals surface area contributed by atoms with Gasteiger partial charge >= 0.3 is 0 Å². The summed E-state index contributed by atoms with van der Waals surface area (Å²) >= 11 is 0. The summed E-state index contributed by atoms with van der Waals surface area (Å²) in [7, 11) is 0. The summed E-state index contributed by atoms with van der Waals surface area (Å²) in [6, 6.07) is 29.9. The van der Waals surface area contributed by atoms with Gasteiger partial charge in [0.05, 0.1) is 0 Å². The van der Waals surface area contributed by atoms with Crippen LogP contribution in [-0.2, 0) is 13.1 Å². The van der Waals surface area contributed by atoms with E-state index in [1.165, 1.54) is 28.5 Å². The van der Waals surface area contributed by atoms with Crippen LogP contribution >= 0.6 is 0 Å². The van der Waals surface area contributed by atoms with Crippen molar-refractivity contribution in [2.24, 2.45) is 0 Å². The lowest BCUT2D eigenvalue weighted by molar-refractivity contribution is 0.0950. The number of nitrogens with one attached hydrogen (secondary N) is 1. The van der Waals surface area contributed by atoms with Gasteiger partial charge in [0.25, 0.3) is 5.91 Å². The Labute approximate surface area is 211 Å². The molecule has 5 aromatic rings. The Hall–Kier alpha value is -4.18. The van der Waals surface area contributed by atoms with Crippen LogP contribution in [-0.4, -0.2) is 10.5 Å². The van der Waals surface area contributed by atoms with Crippen molar-refractivity contribution in [3.63, 3.8) is 0 Å². The van der Waals surface area contributed by atoms with E-state index in [-0.39, 0.29) is 18.3 Å². The van der Waals surface area contributed by atoms with Gasteiger partial charge in [0.1, 0.15) is 5.82 Å². The molecule has 4 aromatic carbocycles. The van der Waals surface area contributed by atoms with Gasteiger partial charge in [-0.2, -0.15) is 0 Å². The fourth-order valence-corrected chi connectivity index (χ4v) is 4.68. The molecule has 0 aliphatic carbocycles. The Morgan fingerprint density at radius 1 is 0.833 bits per heavy atom. The molecule has 180 valence electrons. The average molecular weight is 477 g/mol. The van der Waals surface area contributed by atoms with Crippen molar-refractivity contribution in [2.45, 2.75) is 33.9 Å². The van der Waals surface area contributed by atoms with Crippen LogP contribution in [0.3, 0.4) is 0 Å². The number of hydrogen-bond acceptors (Lipinski definition) is 1. The third kappa shape index (κ3) is 4.67. The summed E-state index contributed by atoms with van der Waals surface area (Å²) in [5.41, 5.74) is 8.96. The minimum atomic E-state index is -0.300. The van der Waals surface area contributed by atoms with Crippen molar-refractivity contribution >= 4 is 16.8 Å². The molecule has 3 nitrogen and oxygen atoms in total. The van der Waals surface area contributed by atoms with Crippen LogP contribution in [0.5, 0.6) is 0 Å². The van der Waals surface area contributed by atoms with E-state index in [0.717, 1.165) is 28.6 Å². The van der Waals surface area contributed by atoms with Crippen LogP contribution in [0.25, 0.3) is 22.0 Å². The second-order valence-electron chi connectivity index (χ2n) is 9.37. The molecule has 1 amide bonds. The summed E-state index contributed by atoms with van der Waals surface area (Å²) in [6.07, 6.45) is 0. The van der Waals surface area contributed by atoms with Gasteiger partial charge in [-0.1, -0.05) is 66.7 Å². The van der Waals surface area contributed by atoms with E-state index in [4.69, 9.17) is 0 Å². The van der Waals surface area contributed by atoms with Gasteiger partial charge in [-0.25, -0.2) is 4.39 Å². The van der Waals surface area contributed by atoms with Crippen LogP contribution < -0.4 is 5.32 Å². The minimum Gasteiger partial charge on any atom is -0.348 e. The third-order valence-corrected chi connectivity index (χ3v) is 6.95. The molecule has 1 heterocycles. The van der Waals surface area contributed by atoms with E-state index in [2.05, 4.69) is 72.3 Å². The first-order valence-corrected chi connectivity index (χ1v) is 12.2. The number of benzene rings is 4. The number of nitrogens with zero attached hydrogens (tertiary/aromatic N) is 1. The molecule has 0 radical (unpaired) electrons. The Morgan fingerprint density at radius 2 is 1.56 bits per heavy atom. The largest absolute Gasteiger partial charge is 0.348 e. The maximum Gasteiger partial charge on any atom is 0.251 e. The Morgan fingerprint density at radius 3 is 2.28 bits per heavy atom. The molecule has 0 unspecified atom stereocenters. The molecule has 0 bridgehead atoms. The van der Waals surface area contributed by atoms with E-state index in [1.54, 1.807) is 6.07 Å². The summed E-state index contributed by atoms with van der Waals surface area (Å²) in [6.45, 7) is 6.96. The smallest absolute Gasteiger partial charge is 0.251 e. The summed E-state index contributed by atoms with van der Waals surface area (Å²) < 4.78 is 16.4. The highest BCUT2D eigenvalue weighted by atomic mass is 19.1. The van der Waals surface area contributed by atoms with Gasteiger partial charge in [-0.15, -0.1) is 0 Å². The number of fused-ring (bicyclic) bond motifs is 1. The molecule has 0 spiro atoms. The van der Waals surface area contributed by atoms with Gasteiger partial charge < -0.3 is 9.88 Å². The molecule has 0 saturated heterocycles. The van der Waals surface area contributed by atoms with E-state index in [1.807, 2.05) is 37.3 Å². The number of hydrogen-bond donors (Lipinski definition) is 1. The van der Waals surface area contributed by atoms with Crippen LogP contribution in [0, 0.1) is 26.6 Å². The van der Waals surface area contributed by atoms with Gasteiger partial charge in [-0.3, -0.25) is 4.79 Å². The number of halogens is 1. The molecule has 5 rings (SSSR count). The lowest BCUT2D eigenvalue weighted by Gasteiger charge is -2.11. The molecular formula is C32H29FN2O. The second kappa shape index (κ2) is 9.82. The summed E-state index contributed by atoms with van der Waals surface area (Å²) in [5, 5.41) is 3.91. The number of rotatable bonds is 6. The lowest BCUT2D eigenvalue weighted by atomic mass is 10.0. The van der Waals surface area contributed by atoms with Crippen molar-refractivity contribution in [1.29, 1.82) is 0 Å². The Balaban J connectivity index is 1.36. The van der Waals surface area contributed by atoms with Gasteiger partial charge in [-0.05, 0) is 72.9 Å². The van der Waals surface area contributed by atoms with Crippen molar-refractivity contribution in [2.75, 3.05) is 0 Å². The first kappa shape index (κ1) is 23.6. The first-order chi connectivity index (χ1) is 17.4. The molecule has 0 aliphatic rings. The van der Waals surface area contributed by atoms with E-state index >= 15 is 0 Å². The number of amides is 1. The zero-order valence-electron chi connectivity index (χ0n) is 20.8. The van der Waals surface area contributed by atoms with Crippen LogP contribution in [0.4, 0.5) is 4.39 Å². The first-order valence-electron chi connectivity index (χ1n) is 12.2. The molecule has 0 aliphatic heterocycles. The number of carbonyl (C=O) groups is 1. The fraction of sp³-hybridized carbons (Fsp3) is 0.156. The highest BCUT2D eigenvalue weighted by molar-refractivity contribution is 5.99. The number of aromatic nitrogens is 1. The van der Waals surface area contributed by atoms with Gasteiger partial charge in [0.15, 0.2) is 0 Å². The molecule has 0 atom stereocenters. The predicted octanol–water partition coefficient (Wildman–Crippen LogP) is 7.35. The molecule has 1 N–H and O–H groups in total. The third-order valence-electron chi connectivity index (χ3n) is 6.95. The molecule has 1 aromatic heterocycles. The topological polar surface area (TPSA) is 34.0 Å². The zero-order chi connectivity index (χ0) is 25.2. The SMILES string of the molecule is Cc1ccc(CNC(=O)c2ccc3c(c2)c(C)c(C)n3Cc2ccc(-c3ccccc3)cc2)c(F)c1. The number of aryl methyl sites for hydroxylation is 2. The highest BCUT2D eigenvalue weighted by Gasteiger charge is 2.15. The standard InChI is InChI=1S/C32H29FN2O/c1-21-9-12-28(30(33)17-21)19-34-32(36)27-15-16-31-29(18-27)22(2)23(3)35(31)20-24-10-13-26(14-11-24)25-7-5-4-6-8-25/h4-18H,19-20H2,1-3H3,(H,34,36). The zero-order valence-corrected chi connectivity index (χ0v) is 20.8. The fourth-order valence-electron chi connectivity index (χ4n) is 4.68. The van der Waals surface area contributed by atoms with Crippen LogP contribution in [0.2, 0.25) is 0 Å². The molecule has 36 heavy (non-hydrogen) atoms.